The first-order valence-electron chi connectivity index (χ1n) is 11.6. The standard InChI is InChI=1S/C28H30N4O/c1-21-12-13-22(2)26(18-21)27-24-10-6-7-11-25(24)28(33)32(29-27)20-31-16-14-30(15-17-31)19-23-8-4-3-5-9-23/h3-13,18H,14-17,19-20H2,1-2H3. The van der Waals surface area contributed by atoms with Gasteiger partial charge in [0.05, 0.1) is 17.7 Å². The minimum atomic E-state index is -0.0219. The Hall–Kier alpha value is -3.28. The van der Waals surface area contributed by atoms with E-state index in [1.807, 2.05) is 24.3 Å². The number of benzene rings is 3. The molecule has 168 valence electrons. The molecule has 1 aromatic heterocycles. The summed E-state index contributed by atoms with van der Waals surface area (Å²) in [5.74, 6) is 0. The summed E-state index contributed by atoms with van der Waals surface area (Å²) in [4.78, 5) is 18.1. The van der Waals surface area contributed by atoms with Crippen LogP contribution in [0.4, 0.5) is 0 Å². The molecule has 0 atom stereocenters. The van der Waals surface area contributed by atoms with Crippen LogP contribution in [0.5, 0.6) is 0 Å². The Bertz CT molecular complexity index is 1320. The first kappa shape index (κ1) is 21.6. The fourth-order valence-electron chi connectivity index (χ4n) is 4.64. The highest BCUT2D eigenvalue weighted by Gasteiger charge is 2.20. The number of aryl methyl sites for hydroxylation is 2. The fourth-order valence-corrected chi connectivity index (χ4v) is 4.64. The minimum Gasteiger partial charge on any atom is -0.297 e. The van der Waals surface area contributed by atoms with Crippen LogP contribution in [0, 0.1) is 13.8 Å². The van der Waals surface area contributed by atoms with Crippen molar-refractivity contribution in [2.24, 2.45) is 0 Å². The zero-order valence-electron chi connectivity index (χ0n) is 19.4. The van der Waals surface area contributed by atoms with E-state index in [1.54, 1.807) is 4.68 Å². The Morgan fingerprint density at radius 2 is 1.45 bits per heavy atom. The van der Waals surface area contributed by atoms with E-state index in [4.69, 9.17) is 5.10 Å². The van der Waals surface area contributed by atoms with Crippen molar-refractivity contribution in [2.45, 2.75) is 27.1 Å². The van der Waals surface area contributed by atoms with E-state index >= 15 is 0 Å². The maximum atomic E-state index is 13.3. The van der Waals surface area contributed by atoms with Gasteiger partial charge in [-0.15, -0.1) is 0 Å². The topological polar surface area (TPSA) is 41.4 Å². The molecule has 5 heteroatoms. The van der Waals surface area contributed by atoms with Crippen LogP contribution < -0.4 is 5.56 Å². The summed E-state index contributed by atoms with van der Waals surface area (Å²) in [5, 5.41) is 6.55. The number of fused-ring (bicyclic) bond motifs is 1. The van der Waals surface area contributed by atoms with Gasteiger partial charge in [-0.3, -0.25) is 14.6 Å². The molecule has 0 spiro atoms. The highest BCUT2D eigenvalue weighted by Crippen LogP contribution is 2.28. The lowest BCUT2D eigenvalue weighted by Gasteiger charge is -2.34. The molecule has 0 unspecified atom stereocenters. The normalized spacial score (nSPS) is 15.2. The van der Waals surface area contributed by atoms with Crippen molar-refractivity contribution in [1.29, 1.82) is 0 Å². The molecule has 2 heterocycles. The molecule has 0 bridgehead atoms. The molecule has 1 aliphatic heterocycles. The number of hydrogen-bond acceptors (Lipinski definition) is 4. The monoisotopic (exact) mass is 438 g/mol. The van der Waals surface area contributed by atoms with Crippen molar-refractivity contribution in [3.63, 3.8) is 0 Å². The summed E-state index contributed by atoms with van der Waals surface area (Å²) >= 11 is 0. The van der Waals surface area contributed by atoms with Crippen molar-refractivity contribution < 1.29 is 0 Å². The van der Waals surface area contributed by atoms with Crippen LogP contribution in [0.2, 0.25) is 0 Å². The molecule has 1 aliphatic rings. The van der Waals surface area contributed by atoms with Crippen LogP contribution in [-0.4, -0.2) is 45.8 Å². The number of aromatic nitrogens is 2. The molecule has 5 rings (SSSR count). The maximum Gasteiger partial charge on any atom is 0.275 e. The highest BCUT2D eigenvalue weighted by atomic mass is 16.1. The van der Waals surface area contributed by atoms with Gasteiger partial charge in [0, 0.05) is 43.7 Å². The maximum absolute atomic E-state index is 13.3. The molecule has 4 aromatic rings. The smallest absolute Gasteiger partial charge is 0.275 e. The molecule has 0 amide bonds. The molecule has 0 aliphatic carbocycles. The molecular weight excluding hydrogens is 408 g/mol. The van der Waals surface area contributed by atoms with Gasteiger partial charge in [-0.25, -0.2) is 4.68 Å². The van der Waals surface area contributed by atoms with Gasteiger partial charge in [0.25, 0.3) is 5.56 Å². The fraction of sp³-hybridized carbons (Fsp3) is 0.286. The predicted molar refractivity (Wildman–Crippen MR) is 134 cm³/mol. The molecule has 33 heavy (non-hydrogen) atoms. The van der Waals surface area contributed by atoms with Crippen molar-refractivity contribution in [1.82, 2.24) is 19.6 Å². The van der Waals surface area contributed by atoms with Gasteiger partial charge >= 0.3 is 0 Å². The second-order valence-corrected chi connectivity index (χ2v) is 9.04. The SMILES string of the molecule is Cc1ccc(C)c(-c2nn(CN3CCN(Cc4ccccc4)CC3)c(=O)c3ccccc23)c1. The molecule has 1 fully saturated rings. The molecule has 0 N–H and O–H groups in total. The Morgan fingerprint density at radius 3 is 2.21 bits per heavy atom. The number of rotatable bonds is 5. The summed E-state index contributed by atoms with van der Waals surface area (Å²) in [5.41, 5.74) is 5.65. The van der Waals surface area contributed by atoms with Crippen LogP contribution in [0.3, 0.4) is 0 Å². The van der Waals surface area contributed by atoms with Gasteiger partial charge in [0.2, 0.25) is 0 Å². The van der Waals surface area contributed by atoms with Crippen molar-refractivity contribution in [2.75, 3.05) is 26.2 Å². The summed E-state index contributed by atoms with van der Waals surface area (Å²) in [7, 11) is 0. The van der Waals surface area contributed by atoms with E-state index in [0.29, 0.717) is 6.67 Å². The zero-order valence-corrected chi connectivity index (χ0v) is 19.4. The van der Waals surface area contributed by atoms with Gasteiger partial charge in [0.1, 0.15) is 0 Å². The molecule has 0 saturated carbocycles. The molecule has 1 saturated heterocycles. The van der Waals surface area contributed by atoms with Crippen LogP contribution >= 0.6 is 0 Å². The summed E-state index contributed by atoms with van der Waals surface area (Å²) < 4.78 is 1.66. The average Bonchev–Trinajstić information content (AvgIpc) is 2.84. The van der Waals surface area contributed by atoms with Crippen LogP contribution in [0.1, 0.15) is 16.7 Å². The quantitative estimate of drug-likeness (QED) is 0.462. The summed E-state index contributed by atoms with van der Waals surface area (Å²) in [6, 6.07) is 24.9. The largest absolute Gasteiger partial charge is 0.297 e. The van der Waals surface area contributed by atoms with Gasteiger partial charge < -0.3 is 0 Å². The average molecular weight is 439 g/mol. The second kappa shape index (κ2) is 9.30. The van der Waals surface area contributed by atoms with Crippen molar-refractivity contribution in [3.05, 3.63) is 99.8 Å². The third-order valence-corrected chi connectivity index (χ3v) is 6.56. The number of piperazine rings is 1. The van der Waals surface area contributed by atoms with Gasteiger partial charge in [0.15, 0.2) is 0 Å². The van der Waals surface area contributed by atoms with Crippen LogP contribution in [-0.2, 0) is 13.2 Å². The van der Waals surface area contributed by atoms with Gasteiger partial charge in [-0.1, -0.05) is 66.2 Å². The Kier molecular flexibility index (Phi) is 6.07. The Labute approximate surface area is 194 Å². The van der Waals surface area contributed by atoms with Crippen LogP contribution in [0.25, 0.3) is 22.0 Å². The molecular formula is C28H30N4O. The molecule has 3 aromatic carbocycles. The second-order valence-electron chi connectivity index (χ2n) is 9.04. The third kappa shape index (κ3) is 4.61. The third-order valence-electron chi connectivity index (χ3n) is 6.56. The van der Waals surface area contributed by atoms with E-state index < -0.39 is 0 Å². The van der Waals surface area contributed by atoms with Crippen LogP contribution in [0.15, 0.2) is 77.6 Å². The van der Waals surface area contributed by atoms with Crippen molar-refractivity contribution >= 4 is 10.8 Å². The van der Waals surface area contributed by atoms with Crippen molar-refractivity contribution in [3.8, 4) is 11.3 Å². The van der Waals surface area contributed by atoms with Gasteiger partial charge in [-0.2, -0.15) is 5.10 Å². The summed E-state index contributed by atoms with van der Waals surface area (Å²) in [6.45, 7) is 9.50. The lowest BCUT2D eigenvalue weighted by Crippen LogP contribution is -2.47. The first-order valence-corrected chi connectivity index (χ1v) is 11.6. The zero-order chi connectivity index (χ0) is 22.8. The minimum absolute atomic E-state index is 0.0219. The van der Waals surface area contributed by atoms with E-state index in [-0.39, 0.29) is 5.56 Å². The first-order chi connectivity index (χ1) is 16.1. The summed E-state index contributed by atoms with van der Waals surface area (Å²) in [6.07, 6.45) is 0. The highest BCUT2D eigenvalue weighted by molar-refractivity contribution is 5.94. The predicted octanol–water partition coefficient (Wildman–Crippen LogP) is 4.46. The Balaban J connectivity index is 1.41. The van der Waals surface area contributed by atoms with E-state index in [0.717, 1.165) is 60.3 Å². The molecule has 0 radical (unpaired) electrons. The number of nitrogens with zero attached hydrogens (tertiary/aromatic N) is 4. The lowest BCUT2D eigenvalue weighted by molar-refractivity contribution is 0.0973. The number of hydrogen-bond donors (Lipinski definition) is 0. The van der Waals surface area contributed by atoms with E-state index in [1.165, 1.54) is 11.1 Å². The molecule has 5 nitrogen and oxygen atoms in total. The Morgan fingerprint density at radius 1 is 0.788 bits per heavy atom. The lowest BCUT2D eigenvalue weighted by atomic mass is 9.99. The van der Waals surface area contributed by atoms with E-state index in [2.05, 4.69) is 72.2 Å². The van der Waals surface area contributed by atoms with Gasteiger partial charge in [-0.05, 0) is 37.1 Å². The van der Waals surface area contributed by atoms with E-state index in [9.17, 15) is 4.79 Å².